The quantitative estimate of drug-likeness (QED) is 0.399. The Bertz CT molecular complexity index is 1100. The molecule has 0 aliphatic heterocycles. The maximum Gasteiger partial charge on any atom is 0.319 e. The summed E-state index contributed by atoms with van der Waals surface area (Å²) in [5.74, 6) is 1.16. The second-order valence-corrected chi connectivity index (χ2v) is 10.6. The predicted octanol–water partition coefficient (Wildman–Crippen LogP) is 6.42. The number of hydrogen-bond acceptors (Lipinski definition) is 4. The summed E-state index contributed by atoms with van der Waals surface area (Å²) in [5, 5.41) is 14.1. The van der Waals surface area contributed by atoms with Crippen LogP contribution < -0.4 is 10.6 Å². The molecule has 0 radical (unpaired) electrons. The van der Waals surface area contributed by atoms with Crippen LogP contribution in [0.15, 0.2) is 59.5 Å². The van der Waals surface area contributed by atoms with Crippen LogP contribution in [-0.4, -0.2) is 22.8 Å². The van der Waals surface area contributed by atoms with Crippen LogP contribution in [0.3, 0.4) is 0 Å². The lowest BCUT2D eigenvalue weighted by atomic mass is 9.79. The lowest BCUT2D eigenvalue weighted by Crippen LogP contribution is -2.28. The van der Waals surface area contributed by atoms with Gasteiger partial charge in [0, 0.05) is 24.2 Å². The van der Waals surface area contributed by atoms with Crippen molar-refractivity contribution in [3.8, 4) is 11.5 Å². The summed E-state index contributed by atoms with van der Waals surface area (Å²) in [5.41, 5.74) is 5.36. The maximum atomic E-state index is 11.7. The van der Waals surface area contributed by atoms with Crippen molar-refractivity contribution >= 4 is 11.7 Å². The number of aryl methyl sites for hydroxylation is 2. The molecule has 0 saturated carbocycles. The Morgan fingerprint density at radius 3 is 2.12 bits per heavy atom. The standard InChI is InChI=1S/C28H36N4O2/c1-8-15-29-26(33)30-23-12-9-19(10-13-23)11-14-24-31-32-25(34-24)20-16-21(27(2,3)4)18-22(17-20)28(5,6)7/h8-10,12-13,16-18H,1,11,14-15H2,2-7H3,(H2,29,30,33). The average Bonchev–Trinajstić information content (AvgIpc) is 3.25. The molecule has 6 nitrogen and oxygen atoms in total. The number of nitrogens with one attached hydrogen (secondary N) is 2. The lowest BCUT2D eigenvalue weighted by molar-refractivity contribution is 0.253. The van der Waals surface area contributed by atoms with Gasteiger partial charge >= 0.3 is 6.03 Å². The van der Waals surface area contributed by atoms with Crippen LogP contribution in [0.1, 0.15) is 64.1 Å². The van der Waals surface area contributed by atoms with Gasteiger partial charge in [0.2, 0.25) is 11.8 Å². The summed E-state index contributed by atoms with van der Waals surface area (Å²) in [7, 11) is 0. The van der Waals surface area contributed by atoms with Crippen molar-refractivity contribution in [2.24, 2.45) is 0 Å². The first-order chi connectivity index (χ1) is 16.0. The molecule has 0 fully saturated rings. The summed E-state index contributed by atoms with van der Waals surface area (Å²) >= 11 is 0. The van der Waals surface area contributed by atoms with Crippen molar-refractivity contribution in [2.75, 3.05) is 11.9 Å². The topological polar surface area (TPSA) is 80.0 Å². The molecular weight excluding hydrogens is 424 g/mol. The van der Waals surface area contributed by atoms with Crippen molar-refractivity contribution in [1.29, 1.82) is 0 Å². The molecule has 6 heteroatoms. The molecule has 3 aromatic rings. The Morgan fingerprint density at radius 1 is 0.941 bits per heavy atom. The van der Waals surface area contributed by atoms with Crippen LogP contribution in [0.25, 0.3) is 11.5 Å². The molecule has 0 bridgehead atoms. The predicted molar refractivity (Wildman–Crippen MR) is 138 cm³/mol. The molecule has 2 N–H and O–H groups in total. The largest absolute Gasteiger partial charge is 0.421 e. The van der Waals surface area contributed by atoms with Crippen LogP contribution in [0.2, 0.25) is 0 Å². The highest BCUT2D eigenvalue weighted by atomic mass is 16.4. The van der Waals surface area contributed by atoms with Gasteiger partial charge in [-0.2, -0.15) is 0 Å². The minimum atomic E-state index is -0.254. The molecule has 3 rings (SSSR count). The third-order valence-corrected chi connectivity index (χ3v) is 5.63. The molecule has 1 heterocycles. The fourth-order valence-corrected chi connectivity index (χ4v) is 3.43. The highest BCUT2D eigenvalue weighted by Crippen LogP contribution is 2.33. The van der Waals surface area contributed by atoms with Crippen LogP contribution in [-0.2, 0) is 23.7 Å². The van der Waals surface area contributed by atoms with Gasteiger partial charge in [0.25, 0.3) is 0 Å². The van der Waals surface area contributed by atoms with Gasteiger partial charge in [-0.3, -0.25) is 0 Å². The SMILES string of the molecule is C=CCNC(=O)Nc1ccc(CCc2nnc(-c3cc(C(C)(C)C)cc(C(C)(C)C)c3)o2)cc1. The number of urea groups is 1. The van der Waals surface area contributed by atoms with E-state index in [0.29, 0.717) is 24.7 Å². The van der Waals surface area contributed by atoms with Crippen molar-refractivity contribution in [3.05, 3.63) is 77.7 Å². The Morgan fingerprint density at radius 2 is 1.56 bits per heavy atom. The van der Waals surface area contributed by atoms with Crippen LogP contribution in [0, 0.1) is 0 Å². The number of rotatable bonds is 7. The highest BCUT2D eigenvalue weighted by Gasteiger charge is 2.22. The second kappa shape index (κ2) is 10.2. The fraction of sp³-hybridized carbons (Fsp3) is 0.393. The number of benzene rings is 2. The first-order valence-corrected chi connectivity index (χ1v) is 11.7. The Kier molecular flexibility index (Phi) is 7.60. The second-order valence-electron chi connectivity index (χ2n) is 10.6. The van der Waals surface area contributed by atoms with Crippen molar-refractivity contribution < 1.29 is 9.21 Å². The minimum absolute atomic E-state index is 0.0200. The molecular formula is C28H36N4O2. The zero-order valence-corrected chi connectivity index (χ0v) is 21.2. The third kappa shape index (κ3) is 6.80. The number of anilines is 1. The Hall–Kier alpha value is -3.41. The maximum absolute atomic E-state index is 11.7. The monoisotopic (exact) mass is 460 g/mol. The van der Waals surface area contributed by atoms with Crippen molar-refractivity contribution in [1.82, 2.24) is 15.5 Å². The number of carbonyl (C=O) groups excluding carboxylic acids is 1. The third-order valence-electron chi connectivity index (χ3n) is 5.63. The summed E-state index contributed by atoms with van der Waals surface area (Å²) in [6.07, 6.45) is 3.04. The smallest absolute Gasteiger partial charge is 0.319 e. The Balaban J connectivity index is 1.69. The number of aromatic nitrogens is 2. The molecule has 34 heavy (non-hydrogen) atoms. The fourth-order valence-electron chi connectivity index (χ4n) is 3.43. The zero-order valence-electron chi connectivity index (χ0n) is 21.2. The molecule has 180 valence electrons. The van der Waals surface area contributed by atoms with Crippen LogP contribution in [0.5, 0.6) is 0 Å². The summed E-state index contributed by atoms with van der Waals surface area (Å²) in [4.78, 5) is 11.7. The van der Waals surface area contributed by atoms with Crippen LogP contribution >= 0.6 is 0 Å². The molecule has 2 amide bonds. The minimum Gasteiger partial charge on any atom is -0.421 e. The van der Waals surface area contributed by atoms with E-state index in [1.54, 1.807) is 6.08 Å². The van der Waals surface area contributed by atoms with E-state index in [0.717, 1.165) is 23.2 Å². The van der Waals surface area contributed by atoms with Crippen molar-refractivity contribution in [2.45, 2.75) is 65.2 Å². The molecule has 1 aromatic heterocycles. The molecule has 0 aliphatic rings. The molecule has 0 atom stereocenters. The van der Waals surface area contributed by atoms with Gasteiger partial charge in [-0.1, -0.05) is 65.8 Å². The molecule has 0 aliphatic carbocycles. The first-order valence-electron chi connectivity index (χ1n) is 11.7. The van der Waals surface area contributed by atoms with Crippen molar-refractivity contribution in [3.63, 3.8) is 0 Å². The molecule has 2 aromatic carbocycles. The van der Waals surface area contributed by atoms with Gasteiger partial charge in [-0.15, -0.1) is 16.8 Å². The number of nitrogens with zero attached hydrogens (tertiary/aromatic N) is 2. The van der Waals surface area contributed by atoms with Gasteiger partial charge in [0.15, 0.2) is 0 Å². The van der Waals surface area contributed by atoms with E-state index in [-0.39, 0.29) is 16.9 Å². The normalized spacial score (nSPS) is 11.8. The first kappa shape index (κ1) is 25.2. The van der Waals surface area contributed by atoms with E-state index >= 15 is 0 Å². The van der Waals surface area contributed by atoms with E-state index in [4.69, 9.17) is 4.42 Å². The van der Waals surface area contributed by atoms with Gasteiger partial charge in [0.1, 0.15) is 0 Å². The van der Waals surface area contributed by atoms with Crippen LogP contribution in [0.4, 0.5) is 10.5 Å². The van der Waals surface area contributed by atoms with E-state index in [1.165, 1.54) is 11.1 Å². The van der Waals surface area contributed by atoms with E-state index in [2.05, 4.69) is 87.2 Å². The van der Waals surface area contributed by atoms with E-state index in [1.807, 2.05) is 24.3 Å². The number of hydrogen-bond donors (Lipinski definition) is 2. The summed E-state index contributed by atoms with van der Waals surface area (Å²) in [6.45, 7) is 17.3. The van der Waals surface area contributed by atoms with Gasteiger partial charge in [-0.25, -0.2) is 4.79 Å². The summed E-state index contributed by atoms with van der Waals surface area (Å²) < 4.78 is 6.05. The number of amides is 2. The zero-order chi connectivity index (χ0) is 24.9. The Labute approximate surface area is 202 Å². The highest BCUT2D eigenvalue weighted by molar-refractivity contribution is 5.89. The summed E-state index contributed by atoms with van der Waals surface area (Å²) in [6, 6.07) is 14.1. The average molecular weight is 461 g/mol. The number of carbonyl (C=O) groups is 1. The van der Waals surface area contributed by atoms with E-state index < -0.39 is 0 Å². The molecule has 0 saturated heterocycles. The molecule has 0 unspecified atom stereocenters. The van der Waals surface area contributed by atoms with Gasteiger partial charge in [0.05, 0.1) is 0 Å². The van der Waals surface area contributed by atoms with E-state index in [9.17, 15) is 4.79 Å². The molecule has 0 spiro atoms. The van der Waals surface area contributed by atoms with Gasteiger partial charge in [-0.05, 0) is 58.2 Å². The lowest BCUT2D eigenvalue weighted by Gasteiger charge is -2.25. The van der Waals surface area contributed by atoms with Gasteiger partial charge < -0.3 is 15.1 Å².